The highest BCUT2D eigenvalue weighted by molar-refractivity contribution is 5.94. The Morgan fingerprint density at radius 3 is 2.85 bits per heavy atom. The second kappa shape index (κ2) is 7.03. The van der Waals surface area contributed by atoms with Gasteiger partial charge in [-0.2, -0.15) is 0 Å². The van der Waals surface area contributed by atoms with Crippen LogP contribution in [0.4, 0.5) is 5.95 Å². The molecule has 1 aliphatic carbocycles. The zero-order chi connectivity index (χ0) is 18.0. The largest absolute Gasteiger partial charge is 0.386 e. The highest BCUT2D eigenvalue weighted by Crippen LogP contribution is 2.24. The highest BCUT2D eigenvalue weighted by Gasteiger charge is 2.34. The van der Waals surface area contributed by atoms with Gasteiger partial charge in [-0.25, -0.2) is 9.97 Å². The Hall–Kier alpha value is -2.47. The quantitative estimate of drug-likeness (QED) is 0.876. The fourth-order valence-electron chi connectivity index (χ4n) is 3.94. The number of aliphatic hydroxyl groups is 1. The Morgan fingerprint density at radius 2 is 2.00 bits per heavy atom. The zero-order valence-electron chi connectivity index (χ0n) is 14.8. The summed E-state index contributed by atoms with van der Waals surface area (Å²) in [5, 5.41) is 13.9. The lowest BCUT2D eigenvalue weighted by Crippen LogP contribution is -2.54. The predicted molar refractivity (Wildman–Crippen MR) is 99.2 cm³/mol. The molecule has 0 spiro atoms. The topological polar surface area (TPSA) is 78.4 Å². The number of carbonyl (C=O) groups is 1. The fourth-order valence-corrected chi connectivity index (χ4v) is 3.94. The minimum absolute atomic E-state index is 0.124. The fraction of sp³-hybridized carbons (Fsp3) is 0.450. The summed E-state index contributed by atoms with van der Waals surface area (Å²) in [7, 11) is 0. The average molecular weight is 352 g/mol. The molecule has 1 aromatic carbocycles. The molecule has 6 heteroatoms. The van der Waals surface area contributed by atoms with Crippen molar-refractivity contribution < 1.29 is 9.90 Å². The third-order valence-electron chi connectivity index (χ3n) is 5.33. The van der Waals surface area contributed by atoms with E-state index in [1.807, 2.05) is 17.0 Å². The van der Waals surface area contributed by atoms with Gasteiger partial charge >= 0.3 is 0 Å². The molecule has 0 unspecified atom stereocenters. The van der Waals surface area contributed by atoms with Gasteiger partial charge < -0.3 is 15.3 Å². The summed E-state index contributed by atoms with van der Waals surface area (Å²) in [5.41, 5.74) is 2.34. The van der Waals surface area contributed by atoms with Crippen molar-refractivity contribution in [3.8, 4) is 0 Å². The number of carbonyl (C=O) groups excluding carboxylic acids is 1. The first kappa shape index (κ1) is 17.0. The molecular formula is C20H24N4O2. The van der Waals surface area contributed by atoms with Crippen LogP contribution in [-0.2, 0) is 12.8 Å². The number of nitrogens with one attached hydrogen (secondary N) is 1. The van der Waals surface area contributed by atoms with Crippen LogP contribution < -0.4 is 10.2 Å². The van der Waals surface area contributed by atoms with Crippen molar-refractivity contribution in [2.45, 2.75) is 37.7 Å². The van der Waals surface area contributed by atoms with Gasteiger partial charge in [-0.05, 0) is 61.4 Å². The van der Waals surface area contributed by atoms with Gasteiger partial charge in [0.25, 0.3) is 5.91 Å². The number of hydrogen-bond donors (Lipinski definition) is 2. The molecule has 136 valence electrons. The molecular weight excluding hydrogens is 328 g/mol. The summed E-state index contributed by atoms with van der Waals surface area (Å²) in [4.78, 5) is 23.0. The molecule has 2 aliphatic rings. The van der Waals surface area contributed by atoms with Gasteiger partial charge in [-0.15, -0.1) is 0 Å². The van der Waals surface area contributed by atoms with Crippen molar-refractivity contribution in [1.29, 1.82) is 0 Å². The zero-order valence-corrected chi connectivity index (χ0v) is 14.8. The van der Waals surface area contributed by atoms with E-state index in [9.17, 15) is 9.90 Å². The SMILES string of the molecule is O=C(NC[C@@]1(O)CCCN(c2ncccn2)C1)c1ccc2c(c1)CCC2. The van der Waals surface area contributed by atoms with E-state index in [1.54, 1.807) is 18.5 Å². The van der Waals surface area contributed by atoms with E-state index in [0.717, 1.165) is 32.2 Å². The monoisotopic (exact) mass is 352 g/mol. The molecule has 1 saturated heterocycles. The molecule has 2 N–H and O–H groups in total. The van der Waals surface area contributed by atoms with Crippen molar-refractivity contribution in [2.24, 2.45) is 0 Å². The molecule has 2 heterocycles. The Kier molecular flexibility index (Phi) is 4.59. The molecule has 1 fully saturated rings. The first-order valence-corrected chi connectivity index (χ1v) is 9.27. The van der Waals surface area contributed by atoms with E-state index in [1.165, 1.54) is 11.1 Å². The normalized spacial score (nSPS) is 22.1. The van der Waals surface area contributed by atoms with Crippen LogP contribution in [0.15, 0.2) is 36.7 Å². The van der Waals surface area contributed by atoms with Crippen LogP contribution in [0.1, 0.15) is 40.7 Å². The van der Waals surface area contributed by atoms with E-state index >= 15 is 0 Å². The number of benzene rings is 1. The highest BCUT2D eigenvalue weighted by atomic mass is 16.3. The Balaban J connectivity index is 1.39. The number of β-amino-alcohol motifs (C(OH)–C–C–N with tert-alkyl or cyclic N) is 1. The minimum Gasteiger partial charge on any atom is -0.386 e. The molecule has 1 atom stereocenters. The first-order valence-electron chi connectivity index (χ1n) is 9.27. The van der Waals surface area contributed by atoms with Crippen LogP contribution in [0, 0.1) is 0 Å². The minimum atomic E-state index is -0.968. The number of anilines is 1. The van der Waals surface area contributed by atoms with Gasteiger partial charge in [0.05, 0.1) is 12.1 Å². The van der Waals surface area contributed by atoms with Gasteiger partial charge in [0.2, 0.25) is 5.95 Å². The molecule has 4 rings (SSSR count). The standard InChI is InChI=1S/C20H24N4O2/c25-18(17-7-6-15-4-1-5-16(15)12-17)23-13-20(26)8-2-11-24(14-20)19-21-9-3-10-22-19/h3,6-7,9-10,12,26H,1-2,4-5,8,11,13-14H2,(H,23,25)/t20-/m0/s1. The van der Waals surface area contributed by atoms with Crippen molar-refractivity contribution in [2.75, 3.05) is 24.5 Å². The van der Waals surface area contributed by atoms with E-state index in [-0.39, 0.29) is 12.5 Å². The van der Waals surface area contributed by atoms with Crippen LogP contribution in [-0.4, -0.2) is 46.2 Å². The summed E-state index contributed by atoms with van der Waals surface area (Å²) in [6, 6.07) is 7.71. The van der Waals surface area contributed by atoms with Crippen molar-refractivity contribution in [3.63, 3.8) is 0 Å². The number of amides is 1. The first-order chi connectivity index (χ1) is 12.6. The molecule has 2 aromatic rings. The van der Waals surface area contributed by atoms with E-state index < -0.39 is 5.60 Å². The number of aryl methyl sites for hydroxylation is 2. The van der Waals surface area contributed by atoms with Crippen molar-refractivity contribution in [1.82, 2.24) is 15.3 Å². The van der Waals surface area contributed by atoms with E-state index in [4.69, 9.17) is 0 Å². The lowest BCUT2D eigenvalue weighted by molar-refractivity contribution is 0.0252. The molecule has 26 heavy (non-hydrogen) atoms. The van der Waals surface area contributed by atoms with Crippen LogP contribution in [0.3, 0.4) is 0 Å². The number of aromatic nitrogens is 2. The second-order valence-electron chi connectivity index (χ2n) is 7.32. The van der Waals surface area contributed by atoms with E-state index in [0.29, 0.717) is 24.5 Å². The summed E-state index contributed by atoms with van der Waals surface area (Å²) >= 11 is 0. The molecule has 0 saturated carbocycles. The van der Waals surface area contributed by atoms with Gasteiger partial charge in [-0.3, -0.25) is 4.79 Å². The van der Waals surface area contributed by atoms with E-state index in [2.05, 4.69) is 21.4 Å². The van der Waals surface area contributed by atoms with Crippen LogP contribution in [0.5, 0.6) is 0 Å². The maximum Gasteiger partial charge on any atom is 0.251 e. The molecule has 6 nitrogen and oxygen atoms in total. The summed E-state index contributed by atoms with van der Waals surface area (Å²) < 4.78 is 0. The maximum atomic E-state index is 12.5. The van der Waals surface area contributed by atoms with Gasteiger partial charge in [-0.1, -0.05) is 6.07 Å². The van der Waals surface area contributed by atoms with Crippen LogP contribution in [0.2, 0.25) is 0 Å². The summed E-state index contributed by atoms with van der Waals surface area (Å²) in [6.07, 6.45) is 8.21. The number of fused-ring (bicyclic) bond motifs is 1. The third kappa shape index (κ3) is 3.55. The average Bonchev–Trinajstić information content (AvgIpc) is 3.15. The number of nitrogens with zero attached hydrogens (tertiary/aromatic N) is 3. The lowest BCUT2D eigenvalue weighted by Gasteiger charge is -2.39. The Bertz CT molecular complexity index is 796. The summed E-state index contributed by atoms with van der Waals surface area (Å²) in [6.45, 7) is 1.46. The van der Waals surface area contributed by atoms with Gasteiger partial charge in [0.15, 0.2) is 0 Å². The molecule has 1 aliphatic heterocycles. The Labute approximate surface area is 153 Å². The van der Waals surface area contributed by atoms with Crippen molar-refractivity contribution >= 4 is 11.9 Å². The molecule has 1 amide bonds. The maximum absolute atomic E-state index is 12.5. The van der Waals surface area contributed by atoms with Gasteiger partial charge in [0, 0.05) is 31.0 Å². The number of hydrogen-bond acceptors (Lipinski definition) is 5. The molecule has 0 radical (unpaired) electrons. The smallest absolute Gasteiger partial charge is 0.251 e. The van der Waals surface area contributed by atoms with Crippen molar-refractivity contribution in [3.05, 3.63) is 53.3 Å². The Morgan fingerprint density at radius 1 is 1.19 bits per heavy atom. The second-order valence-corrected chi connectivity index (χ2v) is 7.32. The molecule has 1 aromatic heterocycles. The van der Waals surface area contributed by atoms with Crippen LogP contribution in [0.25, 0.3) is 0 Å². The molecule has 0 bridgehead atoms. The third-order valence-corrected chi connectivity index (χ3v) is 5.33. The van der Waals surface area contributed by atoms with Crippen LogP contribution >= 0.6 is 0 Å². The summed E-state index contributed by atoms with van der Waals surface area (Å²) in [5.74, 6) is 0.497. The van der Waals surface area contributed by atoms with Gasteiger partial charge in [0.1, 0.15) is 0 Å². The number of rotatable bonds is 4. The predicted octanol–water partition coefficient (Wildman–Crippen LogP) is 1.73. The lowest BCUT2D eigenvalue weighted by atomic mass is 9.92. The number of piperidine rings is 1.